The molecule has 0 saturated heterocycles. The van der Waals surface area contributed by atoms with E-state index in [0.29, 0.717) is 0 Å². The maximum absolute atomic E-state index is 3.68. The number of benzene rings is 1. The third kappa shape index (κ3) is 3.61. The highest BCUT2D eigenvalue weighted by Crippen LogP contribution is 2.01. The smallest absolute Gasteiger partial charge is 0.0348 e. The molecule has 68 valence electrons. The summed E-state index contributed by atoms with van der Waals surface area (Å²) in [5.41, 5.74) is 1.22. The van der Waals surface area contributed by atoms with Gasteiger partial charge in [-0.2, -0.15) is 0 Å². The summed E-state index contributed by atoms with van der Waals surface area (Å²) in [5.74, 6) is 0. The van der Waals surface area contributed by atoms with Gasteiger partial charge in [-0.05, 0) is 17.8 Å². The van der Waals surface area contributed by atoms with Gasteiger partial charge in [0, 0.05) is 13.6 Å². The summed E-state index contributed by atoms with van der Waals surface area (Å²) >= 11 is 0. The quantitative estimate of drug-likeness (QED) is 0.633. The Labute approximate surface area is 80.0 Å². The third-order valence-electron chi connectivity index (χ3n) is 1.74. The molecule has 1 aromatic rings. The first-order chi connectivity index (χ1) is 6.33. The van der Waals surface area contributed by atoms with Gasteiger partial charge in [-0.15, -0.1) is 6.58 Å². The van der Waals surface area contributed by atoms with E-state index < -0.39 is 0 Å². The van der Waals surface area contributed by atoms with E-state index in [9.17, 15) is 0 Å². The fourth-order valence-corrected chi connectivity index (χ4v) is 1.04. The molecule has 0 heterocycles. The molecule has 0 aliphatic carbocycles. The van der Waals surface area contributed by atoms with Crippen LogP contribution in [0.25, 0.3) is 6.08 Å². The predicted octanol–water partition coefficient (Wildman–Crippen LogP) is 2.78. The second kappa shape index (κ2) is 5.20. The zero-order valence-electron chi connectivity index (χ0n) is 7.98. The van der Waals surface area contributed by atoms with Gasteiger partial charge in [0.15, 0.2) is 0 Å². The van der Waals surface area contributed by atoms with Gasteiger partial charge in [0.1, 0.15) is 0 Å². The van der Waals surface area contributed by atoms with Crippen molar-refractivity contribution in [2.75, 3.05) is 13.6 Å². The van der Waals surface area contributed by atoms with Gasteiger partial charge < -0.3 is 4.90 Å². The van der Waals surface area contributed by atoms with Crippen molar-refractivity contribution >= 4 is 6.08 Å². The molecule has 1 aromatic carbocycles. The summed E-state index contributed by atoms with van der Waals surface area (Å²) in [7, 11) is 2.03. The standard InChI is InChI=1S/C12H15N/c1-3-10-13(2)11-9-12-7-5-4-6-8-12/h3-9,11H,1,10H2,2H3. The molecule has 0 fully saturated rings. The van der Waals surface area contributed by atoms with E-state index in [4.69, 9.17) is 0 Å². The second-order valence-corrected chi connectivity index (χ2v) is 2.95. The lowest BCUT2D eigenvalue weighted by molar-refractivity contribution is 0.513. The molecule has 1 rings (SSSR count). The summed E-state index contributed by atoms with van der Waals surface area (Å²) in [5, 5.41) is 0. The summed E-state index contributed by atoms with van der Waals surface area (Å²) < 4.78 is 0. The molecule has 0 unspecified atom stereocenters. The van der Waals surface area contributed by atoms with Crippen molar-refractivity contribution in [2.24, 2.45) is 0 Å². The molecule has 1 heteroatoms. The topological polar surface area (TPSA) is 3.24 Å². The summed E-state index contributed by atoms with van der Waals surface area (Å²) in [6, 6.07) is 10.3. The van der Waals surface area contributed by atoms with E-state index in [2.05, 4.69) is 35.9 Å². The molecule has 13 heavy (non-hydrogen) atoms. The molecular formula is C12H15N. The Kier molecular flexibility index (Phi) is 3.83. The van der Waals surface area contributed by atoms with E-state index in [-0.39, 0.29) is 0 Å². The van der Waals surface area contributed by atoms with Crippen LogP contribution in [-0.4, -0.2) is 18.5 Å². The molecule has 0 aliphatic heterocycles. The third-order valence-corrected chi connectivity index (χ3v) is 1.74. The van der Waals surface area contributed by atoms with Crippen molar-refractivity contribution in [3.8, 4) is 0 Å². The van der Waals surface area contributed by atoms with Crippen LogP contribution in [0.3, 0.4) is 0 Å². The Hall–Kier alpha value is -1.50. The Bertz CT molecular complexity index is 274. The normalized spacial score (nSPS) is 10.2. The Morgan fingerprint density at radius 1 is 1.31 bits per heavy atom. The molecule has 0 N–H and O–H groups in total. The van der Waals surface area contributed by atoms with Gasteiger partial charge in [-0.1, -0.05) is 36.4 Å². The molecule has 0 radical (unpaired) electrons. The molecule has 0 saturated carbocycles. The van der Waals surface area contributed by atoms with Crippen molar-refractivity contribution in [1.29, 1.82) is 0 Å². The fourth-order valence-electron chi connectivity index (χ4n) is 1.04. The molecule has 0 spiro atoms. The monoisotopic (exact) mass is 173 g/mol. The molecule has 0 bridgehead atoms. The Morgan fingerprint density at radius 2 is 2.00 bits per heavy atom. The highest BCUT2D eigenvalue weighted by Gasteiger charge is 1.85. The summed E-state index contributed by atoms with van der Waals surface area (Å²) in [6.45, 7) is 4.56. The van der Waals surface area contributed by atoms with Crippen molar-refractivity contribution in [2.45, 2.75) is 0 Å². The first-order valence-electron chi connectivity index (χ1n) is 4.37. The number of hydrogen-bond donors (Lipinski definition) is 0. The van der Waals surface area contributed by atoms with Crippen LogP contribution in [0.5, 0.6) is 0 Å². The van der Waals surface area contributed by atoms with Crippen molar-refractivity contribution in [3.63, 3.8) is 0 Å². The highest BCUT2D eigenvalue weighted by molar-refractivity contribution is 5.48. The van der Waals surface area contributed by atoms with Crippen molar-refractivity contribution < 1.29 is 0 Å². The van der Waals surface area contributed by atoms with E-state index in [0.717, 1.165) is 6.54 Å². The minimum Gasteiger partial charge on any atom is -0.377 e. The zero-order valence-corrected chi connectivity index (χ0v) is 7.98. The van der Waals surface area contributed by atoms with Gasteiger partial charge in [0.25, 0.3) is 0 Å². The molecule has 1 nitrogen and oxygen atoms in total. The number of nitrogens with zero attached hydrogens (tertiary/aromatic N) is 1. The predicted molar refractivity (Wildman–Crippen MR) is 58.3 cm³/mol. The van der Waals surface area contributed by atoms with Gasteiger partial charge >= 0.3 is 0 Å². The van der Waals surface area contributed by atoms with E-state index in [1.54, 1.807) is 0 Å². The van der Waals surface area contributed by atoms with Crippen LogP contribution in [0.15, 0.2) is 49.2 Å². The first kappa shape index (κ1) is 9.59. The van der Waals surface area contributed by atoms with Crippen LogP contribution in [0.2, 0.25) is 0 Å². The van der Waals surface area contributed by atoms with E-state index in [1.807, 2.05) is 31.3 Å². The minimum absolute atomic E-state index is 0.878. The lowest BCUT2D eigenvalue weighted by Gasteiger charge is -2.09. The van der Waals surface area contributed by atoms with Gasteiger partial charge in [-0.25, -0.2) is 0 Å². The van der Waals surface area contributed by atoms with Crippen LogP contribution in [-0.2, 0) is 0 Å². The molecule has 0 aromatic heterocycles. The first-order valence-corrected chi connectivity index (χ1v) is 4.37. The Balaban J connectivity index is 2.53. The second-order valence-electron chi connectivity index (χ2n) is 2.95. The number of hydrogen-bond acceptors (Lipinski definition) is 1. The summed E-state index contributed by atoms with van der Waals surface area (Å²) in [4.78, 5) is 2.08. The minimum atomic E-state index is 0.878. The van der Waals surface area contributed by atoms with Crippen LogP contribution in [0.4, 0.5) is 0 Å². The largest absolute Gasteiger partial charge is 0.377 e. The zero-order chi connectivity index (χ0) is 9.52. The van der Waals surface area contributed by atoms with Gasteiger partial charge in [0.05, 0.1) is 0 Å². The fraction of sp³-hybridized carbons (Fsp3) is 0.167. The number of likely N-dealkylation sites (N-methyl/N-ethyl adjacent to an activating group) is 1. The molecule has 0 aliphatic rings. The Morgan fingerprint density at radius 3 is 2.62 bits per heavy atom. The average molecular weight is 173 g/mol. The van der Waals surface area contributed by atoms with Gasteiger partial charge in [-0.3, -0.25) is 0 Å². The lowest BCUT2D eigenvalue weighted by Crippen LogP contribution is -2.08. The van der Waals surface area contributed by atoms with Crippen molar-refractivity contribution in [1.82, 2.24) is 4.90 Å². The number of rotatable bonds is 4. The maximum atomic E-state index is 3.68. The average Bonchev–Trinajstić information content (AvgIpc) is 2.17. The van der Waals surface area contributed by atoms with Crippen LogP contribution < -0.4 is 0 Å². The van der Waals surface area contributed by atoms with E-state index >= 15 is 0 Å². The SMILES string of the molecule is C=CCN(C)C=Cc1ccccc1. The van der Waals surface area contributed by atoms with E-state index in [1.165, 1.54) is 5.56 Å². The summed E-state index contributed by atoms with van der Waals surface area (Å²) in [6.07, 6.45) is 6.02. The highest BCUT2D eigenvalue weighted by atomic mass is 15.1. The van der Waals surface area contributed by atoms with Gasteiger partial charge in [0.2, 0.25) is 0 Å². The van der Waals surface area contributed by atoms with Crippen LogP contribution in [0, 0.1) is 0 Å². The van der Waals surface area contributed by atoms with Crippen LogP contribution >= 0.6 is 0 Å². The maximum Gasteiger partial charge on any atom is 0.0348 e. The van der Waals surface area contributed by atoms with Crippen molar-refractivity contribution in [3.05, 3.63) is 54.8 Å². The molecule has 0 amide bonds. The molecular weight excluding hydrogens is 158 g/mol. The molecule has 0 atom stereocenters. The lowest BCUT2D eigenvalue weighted by atomic mass is 10.2. The van der Waals surface area contributed by atoms with Crippen LogP contribution in [0.1, 0.15) is 5.56 Å².